The molecule has 0 saturated carbocycles. The number of rotatable bonds is 2. The molecule has 24 heavy (non-hydrogen) atoms. The van der Waals surface area contributed by atoms with Gasteiger partial charge in [0.15, 0.2) is 0 Å². The molecule has 1 atom stereocenters. The Balaban J connectivity index is 1.69. The number of nitrogens with zero attached hydrogens (tertiary/aromatic N) is 2. The maximum atomic E-state index is 13.0. The van der Waals surface area contributed by atoms with Crippen molar-refractivity contribution in [2.45, 2.75) is 38.7 Å². The third kappa shape index (κ3) is 3.46. The summed E-state index contributed by atoms with van der Waals surface area (Å²) < 4.78 is 0. The normalized spacial score (nSPS) is 25.6. The van der Waals surface area contributed by atoms with Gasteiger partial charge < -0.3 is 14.9 Å². The molecule has 2 amide bonds. The van der Waals surface area contributed by atoms with Crippen LogP contribution in [0, 0.1) is 5.41 Å². The van der Waals surface area contributed by atoms with E-state index >= 15 is 0 Å². The summed E-state index contributed by atoms with van der Waals surface area (Å²) in [6.07, 6.45) is 2.66. The number of benzene rings is 1. The number of amides is 2. The molecular weight excluding hydrogens is 304 g/mol. The zero-order chi connectivity index (χ0) is 17.2. The van der Waals surface area contributed by atoms with Crippen LogP contribution in [-0.4, -0.2) is 59.0 Å². The van der Waals surface area contributed by atoms with E-state index in [1.807, 2.05) is 47.1 Å². The predicted octanol–water partition coefficient (Wildman–Crippen LogP) is 1.91. The number of carbonyl (C=O) groups is 2. The van der Waals surface area contributed by atoms with Crippen molar-refractivity contribution in [3.05, 3.63) is 35.9 Å². The van der Waals surface area contributed by atoms with Gasteiger partial charge in [-0.05, 0) is 44.7 Å². The predicted molar refractivity (Wildman–Crippen MR) is 91.5 cm³/mol. The summed E-state index contributed by atoms with van der Waals surface area (Å²) in [4.78, 5) is 29.4. The minimum atomic E-state index is -0.523. The van der Waals surface area contributed by atoms with Gasteiger partial charge in [0.25, 0.3) is 5.91 Å². The monoisotopic (exact) mass is 330 g/mol. The minimum absolute atomic E-state index is 0.00314. The van der Waals surface area contributed by atoms with Crippen LogP contribution in [0.15, 0.2) is 30.3 Å². The summed E-state index contributed by atoms with van der Waals surface area (Å²) in [7, 11) is 0. The first kappa shape index (κ1) is 17.0. The van der Waals surface area contributed by atoms with Gasteiger partial charge in [-0.15, -0.1) is 0 Å². The van der Waals surface area contributed by atoms with E-state index in [1.165, 1.54) is 0 Å². The molecule has 2 aliphatic rings. The topological polar surface area (TPSA) is 60.9 Å². The summed E-state index contributed by atoms with van der Waals surface area (Å²) in [5.41, 5.74) is 0.153. The Morgan fingerprint density at radius 2 is 1.75 bits per heavy atom. The fraction of sp³-hybridized carbons (Fsp3) is 0.579. The van der Waals surface area contributed by atoms with E-state index in [4.69, 9.17) is 0 Å². The van der Waals surface area contributed by atoms with Crippen LogP contribution < -0.4 is 0 Å². The van der Waals surface area contributed by atoms with Crippen LogP contribution in [0.5, 0.6) is 0 Å². The van der Waals surface area contributed by atoms with Gasteiger partial charge in [0.1, 0.15) is 0 Å². The van der Waals surface area contributed by atoms with Crippen molar-refractivity contribution in [3.8, 4) is 0 Å². The Hall–Kier alpha value is -1.88. The van der Waals surface area contributed by atoms with E-state index < -0.39 is 5.41 Å². The van der Waals surface area contributed by atoms with Gasteiger partial charge in [0, 0.05) is 31.7 Å². The first-order valence-electron chi connectivity index (χ1n) is 8.81. The van der Waals surface area contributed by atoms with E-state index in [9.17, 15) is 14.7 Å². The van der Waals surface area contributed by atoms with Crippen molar-refractivity contribution in [3.63, 3.8) is 0 Å². The molecule has 1 N–H and O–H groups in total. The van der Waals surface area contributed by atoms with Crippen molar-refractivity contribution in [2.24, 2.45) is 5.41 Å². The van der Waals surface area contributed by atoms with Crippen LogP contribution in [0.1, 0.15) is 43.0 Å². The van der Waals surface area contributed by atoms with Gasteiger partial charge in [0.2, 0.25) is 5.91 Å². The molecule has 5 nitrogen and oxygen atoms in total. The summed E-state index contributed by atoms with van der Waals surface area (Å²) in [5.74, 6) is 0.128. The molecule has 2 fully saturated rings. The van der Waals surface area contributed by atoms with Crippen LogP contribution in [0.4, 0.5) is 0 Å². The van der Waals surface area contributed by atoms with Gasteiger partial charge in [0.05, 0.1) is 11.5 Å². The standard InChI is InChI=1S/C19H26N2O3/c1-19(18(24)20-12-8-16(22)9-13-20)10-5-11-21(14-19)17(23)15-6-3-2-4-7-15/h2-4,6-7,16,22H,5,8-14H2,1H3. The number of aliphatic hydroxyl groups is 1. The number of aliphatic hydroxyl groups excluding tert-OH is 1. The lowest BCUT2D eigenvalue weighted by atomic mass is 9.80. The molecule has 0 bridgehead atoms. The van der Waals surface area contributed by atoms with E-state index in [-0.39, 0.29) is 17.9 Å². The van der Waals surface area contributed by atoms with Gasteiger partial charge in [-0.3, -0.25) is 9.59 Å². The lowest BCUT2D eigenvalue weighted by molar-refractivity contribution is -0.145. The first-order valence-corrected chi connectivity index (χ1v) is 8.81. The van der Waals surface area contributed by atoms with Crippen molar-refractivity contribution < 1.29 is 14.7 Å². The third-order valence-corrected chi connectivity index (χ3v) is 5.27. The van der Waals surface area contributed by atoms with Gasteiger partial charge in [-0.1, -0.05) is 18.2 Å². The number of carbonyl (C=O) groups excluding carboxylic acids is 2. The zero-order valence-corrected chi connectivity index (χ0v) is 14.3. The smallest absolute Gasteiger partial charge is 0.253 e. The second kappa shape index (κ2) is 6.93. The molecule has 1 aromatic rings. The average Bonchev–Trinajstić information content (AvgIpc) is 2.62. The summed E-state index contributed by atoms with van der Waals surface area (Å²) in [6.45, 7) is 4.38. The molecule has 2 aliphatic heterocycles. The molecule has 5 heteroatoms. The maximum Gasteiger partial charge on any atom is 0.253 e. The van der Waals surface area contributed by atoms with Crippen molar-refractivity contribution in [1.82, 2.24) is 9.80 Å². The summed E-state index contributed by atoms with van der Waals surface area (Å²) in [5, 5.41) is 9.63. The number of piperidine rings is 2. The lowest BCUT2D eigenvalue weighted by Crippen LogP contribution is -2.54. The Labute approximate surface area is 143 Å². The highest BCUT2D eigenvalue weighted by molar-refractivity contribution is 5.95. The van der Waals surface area contributed by atoms with Crippen LogP contribution >= 0.6 is 0 Å². The van der Waals surface area contributed by atoms with Crippen molar-refractivity contribution in [1.29, 1.82) is 0 Å². The molecule has 2 saturated heterocycles. The number of likely N-dealkylation sites (tertiary alicyclic amines) is 2. The molecule has 1 aromatic carbocycles. The van der Waals surface area contributed by atoms with E-state index in [1.54, 1.807) is 0 Å². The average molecular weight is 330 g/mol. The fourth-order valence-corrected chi connectivity index (χ4v) is 3.80. The third-order valence-electron chi connectivity index (χ3n) is 5.27. The molecule has 2 heterocycles. The molecule has 1 unspecified atom stereocenters. The highest BCUT2D eigenvalue weighted by Gasteiger charge is 2.42. The van der Waals surface area contributed by atoms with E-state index in [0.29, 0.717) is 44.6 Å². The minimum Gasteiger partial charge on any atom is -0.393 e. The Morgan fingerprint density at radius 1 is 1.08 bits per heavy atom. The Bertz CT molecular complexity index is 596. The fourth-order valence-electron chi connectivity index (χ4n) is 3.80. The molecular formula is C19H26N2O3. The van der Waals surface area contributed by atoms with Crippen LogP contribution in [0.3, 0.4) is 0 Å². The Morgan fingerprint density at radius 3 is 2.42 bits per heavy atom. The zero-order valence-electron chi connectivity index (χ0n) is 14.3. The van der Waals surface area contributed by atoms with Crippen LogP contribution in [0.2, 0.25) is 0 Å². The SMILES string of the molecule is CC1(C(=O)N2CCC(O)CC2)CCCN(C(=O)c2ccccc2)C1. The highest BCUT2D eigenvalue weighted by Crippen LogP contribution is 2.33. The second-order valence-electron chi connectivity index (χ2n) is 7.28. The Kier molecular flexibility index (Phi) is 4.90. The lowest BCUT2D eigenvalue weighted by Gasteiger charge is -2.43. The molecule has 3 rings (SSSR count). The maximum absolute atomic E-state index is 13.0. The number of hydrogen-bond acceptors (Lipinski definition) is 3. The van der Waals surface area contributed by atoms with Crippen molar-refractivity contribution in [2.75, 3.05) is 26.2 Å². The van der Waals surface area contributed by atoms with E-state index in [0.717, 1.165) is 12.8 Å². The van der Waals surface area contributed by atoms with Gasteiger partial charge in [-0.25, -0.2) is 0 Å². The molecule has 0 aromatic heterocycles. The largest absolute Gasteiger partial charge is 0.393 e. The molecule has 0 spiro atoms. The molecule has 130 valence electrons. The summed E-state index contributed by atoms with van der Waals surface area (Å²) >= 11 is 0. The highest BCUT2D eigenvalue weighted by atomic mass is 16.3. The quantitative estimate of drug-likeness (QED) is 0.901. The second-order valence-corrected chi connectivity index (χ2v) is 7.28. The molecule has 0 radical (unpaired) electrons. The number of hydrogen-bond donors (Lipinski definition) is 1. The van der Waals surface area contributed by atoms with Crippen molar-refractivity contribution >= 4 is 11.8 Å². The van der Waals surface area contributed by atoms with E-state index in [2.05, 4.69) is 0 Å². The first-order chi connectivity index (χ1) is 11.5. The van der Waals surface area contributed by atoms with Gasteiger partial charge >= 0.3 is 0 Å². The molecule has 0 aliphatic carbocycles. The van der Waals surface area contributed by atoms with Crippen LogP contribution in [0.25, 0.3) is 0 Å². The van der Waals surface area contributed by atoms with Gasteiger partial charge in [-0.2, -0.15) is 0 Å². The van der Waals surface area contributed by atoms with Crippen LogP contribution in [-0.2, 0) is 4.79 Å². The summed E-state index contributed by atoms with van der Waals surface area (Å²) in [6, 6.07) is 9.26.